The number of nitrogens with zero attached hydrogens (tertiary/aromatic N) is 1. The number of rotatable bonds is 4. The molecule has 1 aromatic carbocycles. The highest BCUT2D eigenvalue weighted by Gasteiger charge is 2.13. The van der Waals surface area contributed by atoms with Crippen molar-refractivity contribution in [2.24, 2.45) is 0 Å². The Bertz CT molecular complexity index is 700. The number of carbonyl (C=O) groups is 1. The van der Waals surface area contributed by atoms with Gasteiger partial charge in [-0.1, -0.05) is 11.6 Å². The third-order valence-electron chi connectivity index (χ3n) is 2.76. The summed E-state index contributed by atoms with van der Waals surface area (Å²) in [6.45, 7) is 3.81. The molecule has 0 saturated heterocycles. The van der Waals surface area contributed by atoms with Crippen LogP contribution >= 0.6 is 22.9 Å². The predicted octanol–water partition coefficient (Wildman–Crippen LogP) is 4.15. The molecule has 0 unspecified atom stereocenters. The number of ether oxygens (including phenoxy) is 1. The molecule has 0 aliphatic heterocycles. The summed E-state index contributed by atoms with van der Waals surface area (Å²) in [7, 11) is 0. The summed E-state index contributed by atoms with van der Waals surface area (Å²) in [5, 5.41) is 9.08. The summed E-state index contributed by atoms with van der Waals surface area (Å²) >= 11 is 7.58. The normalized spacial score (nSPS) is 10.1. The van der Waals surface area contributed by atoms with E-state index >= 15 is 0 Å². The molecule has 5 heteroatoms. The van der Waals surface area contributed by atoms with Gasteiger partial charge in [-0.25, -0.2) is 0 Å². The van der Waals surface area contributed by atoms with Crippen molar-refractivity contribution >= 4 is 28.7 Å². The summed E-state index contributed by atoms with van der Waals surface area (Å²) < 4.78 is 5.43. The van der Waals surface area contributed by atoms with E-state index in [1.165, 1.54) is 6.07 Å². The molecule has 1 heterocycles. The highest BCUT2D eigenvalue weighted by molar-refractivity contribution is 7.12. The van der Waals surface area contributed by atoms with E-state index in [4.69, 9.17) is 21.6 Å². The van der Waals surface area contributed by atoms with Crippen LogP contribution in [0.5, 0.6) is 5.75 Å². The number of hydrogen-bond acceptors (Lipinski definition) is 4. The van der Waals surface area contributed by atoms with Gasteiger partial charge >= 0.3 is 0 Å². The van der Waals surface area contributed by atoms with Crippen molar-refractivity contribution in [1.29, 1.82) is 5.26 Å². The molecule has 0 spiro atoms. The van der Waals surface area contributed by atoms with Crippen LogP contribution in [0.25, 0.3) is 0 Å². The summed E-state index contributed by atoms with van der Waals surface area (Å²) in [6, 6.07) is 8.57. The number of benzene rings is 1. The van der Waals surface area contributed by atoms with E-state index in [2.05, 4.69) is 0 Å². The van der Waals surface area contributed by atoms with Crippen LogP contribution in [0.4, 0.5) is 0 Å². The number of thiophene rings is 1. The molecule has 2 rings (SSSR count). The number of ketones is 1. The van der Waals surface area contributed by atoms with Gasteiger partial charge in [0.1, 0.15) is 5.75 Å². The van der Waals surface area contributed by atoms with Crippen molar-refractivity contribution < 1.29 is 9.53 Å². The molecule has 102 valence electrons. The van der Waals surface area contributed by atoms with Gasteiger partial charge in [-0.05, 0) is 38.1 Å². The molecule has 0 atom stereocenters. The zero-order chi connectivity index (χ0) is 14.7. The van der Waals surface area contributed by atoms with Crippen LogP contribution in [0.3, 0.4) is 0 Å². The summed E-state index contributed by atoms with van der Waals surface area (Å²) in [6.07, 6.45) is 0. The topological polar surface area (TPSA) is 50.1 Å². The van der Waals surface area contributed by atoms with Gasteiger partial charge in [0.2, 0.25) is 5.78 Å². The molecule has 0 bridgehead atoms. The summed E-state index contributed by atoms with van der Waals surface area (Å²) in [4.78, 5) is 14.2. The lowest BCUT2D eigenvalue weighted by Crippen LogP contribution is -2.12. The first-order valence-corrected chi connectivity index (χ1v) is 7.13. The van der Waals surface area contributed by atoms with Crippen LogP contribution in [-0.2, 0) is 0 Å². The van der Waals surface area contributed by atoms with Crippen LogP contribution in [0, 0.1) is 25.2 Å². The average molecular weight is 306 g/mol. The minimum Gasteiger partial charge on any atom is -0.484 e. The molecule has 3 nitrogen and oxygen atoms in total. The first kappa shape index (κ1) is 14.6. The second kappa shape index (κ2) is 6.08. The van der Waals surface area contributed by atoms with Crippen molar-refractivity contribution in [3.8, 4) is 11.8 Å². The third kappa shape index (κ3) is 3.19. The Hall–Kier alpha value is -1.83. The van der Waals surface area contributed by atoms with E-state index in [0.717, 1.165) is 9.75 Å². The molecular weight excluding hydrogens is 294 g/mol. The minimum absolute atomic E-state index is 0.0668. The van der Waals surface area contributed by atoms with E-state index < -0.39 is 0 Å². The smallest absolute Gasteiger partial charge is 0.201 e. The van der Waals surface area contributed by atoms with Gasteiger partial charge in [0.15, 0.2) is 6.61 Å². The monoisotopic (exact) mass is 305 g/mol. The predicted molar refractivity (Wildman–Crippen MR) is 79.8 cm³/mol. The van der Waals surface area contributed by atoms with Gasteiger partial charge in [-0.2, -0.15) is 5.26 Å². The third-order valence-corrected chi connectivity index (χ3v) is 4.02. The summed E-state index contributed by atoms with van der Waals surface area (Å²) in [5.74, 6) is 0.330. The average Bonchev–Trinajstić information content (AvgIpc) is 2.76. The second-order valence-corrected chi connectivity index (χ2v) is 6.16. The number of hydrogen-bond donors (Lipinski definition) is 0. The lowest BCUT2D eigenvalue weighted by atomic mass is 10.2. The Morgan fingerprint density at radius 3 is 2.70 bits per heavy atom. The zero-order valence-electron chi connectivity index (χ0n) is 11.1. The van der Waals surface area contributed by atoms with Crippen LogP contribution in [0.2, 0.25) is 5.02 Å². The van der Waals surface area contributed by atoms with E-state index in [-0.39, 0.29) is 12.4 Å². The highest BCUT2D eigenvalue weighted by atomic mass is 35.5. The Kier molecular flexibility index (Phi) is 4.43. The standard InChI is InChI=1S/C15H12ClNO2S/c1-9-5-12(10(2)20-9)14(18)8-19-15-4-3-11(7-17)6-13(15)16/h3-6H,8H2,1-2H3. The molecule has 0 amide bonds. The number of carbonyl (C=O) groups excluding carboxylic acids is 1. The van der Waals surface area contributed by atoms with E-state index in [1.54, 1.807) is 23.5 Å². The fourth-order valence-electron chi connectivity index (χ4n) is 1.82. The summed E-state index contributed by atoms with van der Waals surface area (Å²) in [5.41, 5.74) is 1.15. The van der Waals surface area contributed by atoms with Crippen molar-refractivity contribution in [3.05, 3.63) is 50.2 Å². The molecule has 0 fully saturated rings. The maximum Gasteiger partial charge on any atom is 0.201 e. The lowest BCUT2D eigenvalue weighted by Gasteiger charge is -2.07. The van der Waals surface area contributed by atoms with E-state index in [0.29, 0.717) is 21.9 Å². The fraction of sp³-hybridized carbons (Fsp3) is 0.200. The number of aryl methyl sites for hydroxylation is 2. The van der Waals surface area contributed by atoms with E-state index in [9.17, 15) is 4.79 Å². The van der Waals surface area contributed by atoms with Gasteiger partial charge < -0.3 is 4.74 Å². The van der Waals surface area contributed by atoms with Gasteiger partial charge in [-0.3, -0.25) is 4.79 Å². The van der Waals surface area contributed by atoms with Crippen molar-refractivity contribution in [2.45, 2.75) is 13.8 Å². The number of nitriles is 1. The van der Waals surface area contributed by atoms with Gasteiger partial charge in [0.25, 0.3) is 0 Å². The number of halogens is 1. The van der Waals surface area contributed by atoms with Gasteiger partial charge in [0, 0.05) is 15.3 Å². The molecule has 20 heavy (non-hydrogen) atoms. The molecule has 0 saturated carbocycles. The highest BCUT2D eigenvalue weighted by Crippen LogP contribution is 2.26. The zero-order valence-corrected chi connectivity index (χ0v) is 12.6. The van der Waals surface area contributed by atoms with Crippen molar-refractivity contribution in [3.63, 3.8) is 0 Å². The molecule has 0 aliphatic rings. The minimum atomic E-state index is -0.0766. The first-order valence-electron chi connectivity index (χ1n) is 5.94. The number of Topliss-reactive ketones (excluding diaryl/α,β-unsaturated/α-hetero) is 1. The first-order chi connectivity index (χ1) is 9.51. The van der Waals surface area contributed by atoms with Crippen molar-refractivity contribution in [1.82, 2.24) is 0 Å². The Labute approximate surface area is 126 Å². The van der Waals surface area contributed by atoms with Gasteiger partial charge in [-0.15, -0.1) is 11.3 Å². The van der Waals surface area contributed by atoms with E-state index in [1.807, 2.05) is 26.0 Å². The molecule has 0 aliphatic carbocycles. The van der Waals surface area contributed by atoms with Gasteiger partial charge in [0.05, 0.1) is 16.7 Å². The Morgan fingerprint density at radius 1 is 1.40 bits per heavy atom. The molecule has 1 aromatic heterocycles. The molecule has 2 aromatic rings. The quantitative estimate of drug-likeness (QED) is 0.797. The Morgan fingerprint density at radius 2 is 2.15 bits per heavy atom. The van der Waals surface area contributed by atoms with Crippen LogP contribution in [0.1, 0.15) is 25.7 Å². The SMILES string of the molecule is Cc1cc(C(=O)COc2ccc(C#N)cc2Cl)c(C)s1. The van der Waals surface area contributed by atoms with Crippen LogP contribution in [0.15, 0.2) is 24.3 Å². The largest absolute Gasteiger partial charge is 0.484 e. The Balaban J connectivity index is 2.08. The van der Waals surface area contributed by atoms with Crippen molar-refractivity contribution in [2.75, 3.05) is 6.61 Å². The molecular formula is C15H12ClNO2S. The maximum absolute atomic E-state index is 12.1. The second-order valence-electron chi connectivity index (χ2n) is 4.30. The lowest BCUT2D eigenvalue weighted by molar-refractivity contribution is 0.0921. The molecule has 0 radical (unpaired) electrons. The fourth-order valence-corrected chi connectivity index (χ4v) is 2.99. The van der Waals surface area contributed by atoms with Crippen LogP contribution < -0.4 is 4.74 Å². The molecule has 0 N–H and O–H groups in total. The van der Waals surface area contributed by atoms with Crippen LogP contribution in [-0.4, -0.2) is 12.4 Å². The maximum atomic E-state index is 12.1.